The van der Waals surface area contributed by atoms with Crippen LogP contribution in [-0.4, -0.2) is 4.98 Å². The quantitative estimate of drug-likeness (QED) is 0.824. The zero-order valence-electron chi connectivity index (χ0n) is 8.54. The summed E-state index contributed by atoms with van der Waals surface area (Å²) in [4.78, 5) is 5.04. The van der Waals surface area contributed by atoms with E-state index in [-0.39, 0.29) is 0 Å². The summed E-state index contributed by atoms with van der Waals surface area (Å²) in [5, 5.41) is 1.32. The Kier molecular flexibility index (Phi) is 2.67. The smallest absolute Gasteiger partial charge is 0.180 e. The summed E-state index contributed by atoms with van der Waals surface area (Å²) < 4.78 is 0. The Bertz CT molecular complexity index is 505. The number of hydrogen-bond acceptors (Lipinski definition) is 3. The van der Waals surface area contributed by atoms with Crippen LogP contribution in [0.4, 0.5) is 5.13 Å². The fourth-order valence-corrected chi connectivity index (χ4v) is 2.47. The lowest BCUT2D eigenvalue weighted by atomic mass is 10.1. The average molecular weight is 239 g/mol. The Morgan fingerprint density at radius 3 is 2.53 bits per heavy atom. The Labute approximate surface area is 97.7 Å². The van der Waals surface area contributed by atoms with Gasteiger partial charge in [0.05, 0.1) is 4.88 Å². The molecular weight excluding hydrogens is 228 g/mol. The first kappa shape index (κ1) is 10.5. The van der Waals surface area contributed by atoms with E-state index in [1.165, 1.54) is 22.5 Å². The predicted molar refractivity (Wildman–Crippen MR) is 66.4 cm³/mol. The SMILES string of the molecule is Cc1cc(Cl)c(-c2cnc(N)s2)cc1C. The zero-order valence-corrected chi connectivity index (χ0v) is 10.1. The van der Waals surface area contributed by atoms with Crippen molar-refractivity contribution in [1.29, 1.82) is 0 Å². The number of aryl methyl sites for hydroxylation is 2. The molecule has 0 aliphatic carbocycles. The Morgan fingerprint density at radius 1 is 1.27 bits per heavy atom. The van der Waals surface area contributed by atoms with E-state index in [9.17, 15) is 0 Å². The molecule has 0 aliphatic rings. The van der Waals surface area contributed by atoms with Crippen molar-refractivity contribution in [3.8, 4) is 10.4 Å². The van der Waals surface area contributed by atoms with E-state index in [0.717, 1.165) is 15.5 Å². The molecule has 2 nitrogen and oxygen atoms in total. The van der Waals surface area contributed by atoms with Crippen LogP contribution in [0.25, 0.3) is 10.4 Å². The minimum Gasteiger partial charge on any atom is -0.375 e. The Morgan fingerprint density at radius 2 is 1.93 bits per heavy atom. The molecule has 0 saturated carbocycles. The molecule has 2 aromatic rings. The Hall–Kier alpha value is -1.06. The number of halogens is 1. The minimum atomic E-state index is 0.569. The molecule has 0 fully saturated rings. The van der Waals surface area contributed by atoms with Gasteiger partial charge in [-0.2, -0.15) is 0 Å². The molecule has 0 amide bonds. The van der Waals surface area contributed by atoms with Gasteiger partial charge in [0.2, 0.25) is 0 Å². The first-order chi connectivity index (χ1) is 7.08. The van der Waals surface area contributed by atoms with Crippen LogP contribution in [0.2, 0.25) is 5.02 Å². The second-order valence-corrected chi connectivity index (χ2v) is 4.95. The first-order valence-corrected chi connectivity index (χ1v) is 5.76. The van der Waals surface area contributed by atoms with Crippen molar-refractivity contribution >= 4 is 28.1 Å². The summed E-state index contributed by atoms with van der Waals surface area (Å²) in [6.07, 6.45) is 1.76. The number of anilines is 1. The van der Waals surface area contributed by atoms with Gasteiger partial charge in [0.25, 0.3) is 0 Å². The van der Waals surface area contributed by atoms with E-state index < -0.39 is 0 Å². The number of hydrogen-bond donors (Lipinski definition) is 1. The lowest BCUT2D eigenvalue weighted by molar-refractivity contribution is 1.34. The maximum atomic E-state index is 6.18. The van der Waals surface area contributed by atoms with Gasteiger partial charge in [0.1, 0.15) is 0 Å². The van der Waals surface area contributed by atoms with Gasteiger partial charge in [-0.15, -0.1) is 0 Å². The van der Waals surface area contributed by atoms with Gasteiger partial charge in [-0.05, 0) is 37.1 Å². The fraction of sp³-hybridized carbons (Fsp3) is 0.182. The monoisotopic (exact) mass is 238 g/mol. The van der Waals surface area contributed by atoms with Crippen molar-refractivity contribution in [2.75, 3.05) is 5.73 Å². The molecule has 0 spiro atoms. The third kappa shape index (κ3) is 1.98. The number of nitrogens with two attached hydrogens (primary N) is 1. The molecule has 0 atom stereocenters. The number of rotatable bonds is 1. The highest BCUT2D eigenvalue weighted by Crippen LogP contribution is 2.34. The molecule has 0 aliphatic heterocycles. The molecule has 2 N–H and O–H groups in total. The molecule has 0 saturated heterocycles. The van der Waals surface area contributed by atoms with Crippen molar-refractivity contribution in [2.24, 2.45) is 0 Å². The molecule has 0 unspecified atom stereocenters. The molecule has 1 aromatic heterocycles. The lowest BCUT2D eigenvalue weighted by Gasteiger charge is -2.05. The van der Waals surface area contributed by atoms with E-state index in [0.29, 0.717) is 5.13 Å². The summed E-state index contributed by atoms with van der Waals surface area (Å²) >= 11 is 7.64. The molecule has 0 bridgehead atoms. The highest BCUT2D eigenvalue weighted by Gasteiger charge is 2.08. The van der Waals surface area contributed by atoms with E-state index >= 15 is 0 Å². The summed E-state index contributed by atoms with van der Waals surface area (Å²) in [5.41, 5.74) is 9.03. The maximum Gasteiger partial charge on any atom is 0.180 e. The Balaban J connectivity index is 2.58. The summed E-state index contributed by atoms with van der Waals surface area (Å²) in [5.74, 6) is 0. The van der Waals surface area contributed by atoms with Gasteiger partial charge < -0.3 is 5.73 Å². The average Bonchev–Trinajstić information content (AvgIpc) is 2.58. The van der Waals surface area contributed by atoms with Crippen LogP contribution in [-0.2, 0) is 0 Å². The third-order valence-electron chi connectivity index (χ3n) is 2.37. The third-order valence-corrected chi connectivity index (χ3v) is 3.54. The van der Waals surface area contributed by atoms with E-state index in [2.05, 4.69) is 18.0 Å². The number of aromatic nitrogens is 1. The number of benzene rings is 1. The summed E-state index contributed by atoms with van der Waals surface area (Å²) in [7, 11) is 0. The van der Waals surface area contributed by atoms with Crippen molar-refractivity contribution in [3.63, 3.8) is 0 Å². The molecule has 78 valence electrons. The van der Waals surface area contributed by atoms with Crippen molar-refractivity contribution < 1.29 is 0 Å². The van der Waals surface area contributed by atoms with Gasteiger partial charge in [0.15, 0.2) is 5.13 Å². The van der Waals surface area contributed by atoms with Crippen LogP contribution >= 0.6 is 22.9 Å². The topological polar surface area (TPSA) is 38.9 Å². The predicted octanol–water partition coefficient (Wildman–Crippen LogP) is 3.66. The van der Waals surface area contributed by atoms with Crippen molar-refractivity contribution in [1.82, 2.24) is 4.98 Å². The van der Waals surface area contributed by atoms with Crippen LogP contribution < -0.4 is 5.73 Å². The first-order valence-electron chi connectivity index (χ1n) is 4.56. The number of thiazole rings is 1. The van der Waals surface area contributed by atoms with Crippen molar-refractivity contribution in [2.45, 2.75) is 13.8 Å². The van der Waals surface area contributed by atoms with Gasteiger partial charge in [0, 0.05) is 16.8 Å². The number of nitrogen functional groups attached to an aromatic ring is 1. The highest BCUT2D eigenvalue weighted by molar-refractivity contribution is 7.18. The highest BCUT2D eigenvalue weighted by atomic mass is 35.5. The zero-order chi connectivity index (χ0) is 11.0. The van der Waals surface area contributed by atoms with E-state index in [4.69, 9.17) is 17.3 Å². The molecule has 0 radical (unpaired) electrons. The van der Waals surface area contributed by atoms with Gasteiger partial charge in [-0.25, -0.2) is 4.98 Å². The summed E-state index contributed by atoms with van der Waals surface area (Å²) in [6, 6.07) is 4.05. The molecule has 1 heterocycles. The fourth-order valence-electron chi connectivity index (χ4n) is 1.38. The standard InChI is InChI=1S/C11H11ClN2S/c1-6-3-8(9(12)4-7(6)2)10-5-14-11(13)15-10/h3-5H,1-2H3,(H2,13,14). The normalized spacial score (nSPS) is 10.6. The lowest BCUT2D eigenvalue weighted by Crippen LogP contribution is -1.83. The maximum absolute atomic E-state index is 6.18. The van der Waals surface area contributed by atoms with Gasteiger partial charge in [-0.1, -0.05) is 22.9 Å². The van der Waals surface area contributed by atoms with E-state index in [1.807, 2.05) is 13.0 Å². The second-order valence-electron chi connectivity index (χ2n) is 3.48. The molecular formula is C11H11ClN2S. The van der Waals surface area contributed by atoms with Crippen LogP contribution in [0.15, 0.2) is 18.3 Å². The van der Waals surface area contributed by atoms with Crippen LogP contribution in [0.3, 0.4) is 0 Å². The number of nitrogens with zero attached hydrogens (tertiary/aromatic N) is 1. The van der Waals surface area contributed by atoms with Crippen LogP contribution in [0.1, 0.15) is 11.1 Å². The largest absolute Gasteiger partial charge is 0.375 e. The molecule has 4 heteroatoms. The molecule has 2 rings (SSSR count). The van der Waals surface area contributed by atoms with Gasteiger partial charge >= 0.3 is 0 Å². The van der Waals surface area contributed by atoms with Gasteiger partial charge in [-0.3, -0.25) is 0 Å². The molecule has 1 aromatic carbocycles. The minimum absolute atomic E-state index is 0.569. The molecule has 15 heavy (non-hydrogen) atoms. The second kappa shape index (κ2) is 3.83. The van der Waals surface area contributed by atoms with Crippen LogP contribution in [0.5, 0.6) is 0 Å². The van der Waals surface area contributed by atoms with E-state index in [1.54, 1.807) is 6.20 Å². The summed E-state index contributed by atoms with van der Waals surface area (Å²) in [6.45, 7) is 4.12. The van der Waals surface area contributed by atoms with Crippen LogP contribution in [0, 0.1) is 13.8 Å². The van der Waals surface area contributed by atoms with Crippen molar-refractivity contribution in [3.05, 3.63) is 34.5 Å².